The van der Waals surface area contributed by atoms with Gasteiger partial charge in [-0.1, -0.05) is 204 Å². The van der Waals surface area contributed by atoms with Crippen molar-refractivity contribution in [2.75, 3.05) is 9.80 Å². The lowest BCUT2D eigenvalue weighted by Gasteiger charge is -2.33. The molecule has 0 saturated heterocycles. The highest BCUT2D eigenvalue weighted by Gasteiger charge is 2.30. The van der Waals surface area contributed by atoms with Gasteiger partial charge in [0.15, 0.2) is 0 Å². The average Bonchev–Trinajstić information content (AvgIpc) is 0.810. The third-order valence-electron chi connectivity index (χ3n) is 17.0. The van der Waals surface area contributed by atoms with Crippen molar-refractivity contribution in [1.29, 1.82) is 0 Å². The van der Waals surface area contributed by atoms with E-state index in [1.54, 1.807) is 48.5 Å². The van der Waals surface area contributed by atoms with Gasteiger partial charge in [0.1, 0.15) is 23.3 Å². The van der Waals surface area contributed by atoms with Crippen molar-refractivity contribution in [3.63, 3.8) is 0 Å². The quantitative estimate of drug-likeness (QED) is 0.0995. The van der Waals surface area contributed by atoms with Gasteiger partial charge in [-0.15, -0.1) is 0 Å². The minimum atomic E-state index is -0.379. The molecule has 0 heterocycles. The van der Waals surface area contributed by atoms with Crippen molar-refractivity contribution in [3.05, 3.63) is 264 Å². The second kappa shape index (κ2) is 21.5. The molecule has 86 heavy (non-hydrogen) atoms. The Morgan fingerprint density at radius 1 is 0.256 bits per heavy atom. The molecule has 0 aromatic heterocycles. The summed E-state index contributed by atoms with van der Waals surface area (Å²) in [7, 11) is 0. The Balaban J connectivity index is 1.18. The molecule has 0 saturated carbocycles. The van der Waals surface area contributed by atoms with Crippen LogP contribution in [0.5, 0.6) is 0 Å². The van der Waals surface area contributed by atoms with Gasteiger partial charge in [-0.2, -0.15) is 0 Å². The number of hydrogen-bond donors (Lipinski definition) is 0. The van der Waals surface area contributed by atoms with Crippen molar-refractivity contribution in [1.82, 2.24) is 0 Å². The highest BCUT2D eigenvalue weighted by molar-refractivity contribution is 6.28. The van der Waals surface area contributed by atoms with Gasteiger partial charge in [0, 0.05) is 55.8 Å². The van der Waals surface area contributed by atoms with Crippen LogP contribution in [0, 0.1) is 23.3 Å². The molecule has 0 radical (unpaired) electrons. The summed E-state index contributed by atoms with van der Waals surface area (Å²) in [4.78, 5) is 4.56. The van der Waals surface area contributed by atoms with E-state index < -0.39 is 0 Å². The van der Waals surface area contributed by atoms with E-state index >= 15 is 17.6 Å². The maximum absolute atomic E-state index is 16.2. The van der Waals surface area contributed by atoms with E-state index in [-0.39, 0.29) is 44.9 Å². The fourth-order valence-electron chi connectivity index (χ4n) is 12.1. The predicted octanol–water partition coefficient (Wildman–Crippen LogP) is 23.9. The van der Waals surface area contributed by atoms with Crippen molar-refractivity contribution in [2.24, 2.45) is 0 Å². The summed E-state index contributed by atoms with van der Waals surface area (Å²) in [6, 6.07) is 70.2. The first-order valence-electron chi connectivity index (χ1n) is 29.7. The summed E-state index contributed by atoms with van der Waals surface area (Å²) < 4.78 is 64.9. The second-order valence-electron chi connectivity index (χ2n) is 27.3. The molecule has 0 amide bonds. The lowest BCUT2D eigenvalue weighted by atomic mass is 9.80. The average molecular weight is 1140 g/mol. The first-order valence-corrected chi connectivity index (χ1v) is 29.7. The molecule has 12 rings (SSSR count). The van der Waals surface area contributed by atoms with Crippen LogP contribution in [0.3, 0.4) is 0 Å². The number of halogens is 4. The van der Waals surface area contributed by atoms with Crippen LogP contribution in [0.4, 0.5) is 51.7 Å². The molecule has 2 nitrogen and oxygen atoms in total. The summed E-state index contributed by atoms with van der Waals surface area (Å²) in [5.41, 5.74) is 12.7. The molecule has 0 aliphatic carbocycles. The normalized spacial score (nSPS) is 12.4. The Morgan fingerprint density at radius 3 is 0.756 bits per heavy atom. The summed E-state index contributed by atoms with van der Waals surface area (Å²) in [6.07, 6.45) is 0. The van der Waals surface area contributed by atoms with Gasteiger partial charge in [-0.25, -0.2) is 17.6 Å². The summed E-state index contributed by atoms with van der Waals surface area (Å²) in [5, 5.41) is 6.09. The van der Waals surface area contributed by atoms with Gasteiger partial charge in [0.25, 0.3) is 0 Å². The minimum Gasteiger partial charge on any atom is -0.310 e. The third-order valence-corrected chi connectivity index (χ3v) is 17.0. The second-order valence-corrected chi connectivity index (χ2v) is 27.3. The van der Waals surface area contributed by atoms with Crippen LogP contribution in [0.25, 0.3) is 76.8 Å². The minimum absolute atomic E-state index is 0.245. The first-order chi connectivity index (χ1) is 40.8. The van der Waals surface area contributed by atoms with Crippen LogP contribution < -0.4 is 9.80 Å². The van der Waals surface area contributed by atoms with E-state index in [9.17, 15) is 0 Å². The van der Waals surface area contributed by atoms with E-state index in [1.165, 1.54) is 24.3 Å². The van der Waals surface area contributed by atoms with E-state index in [1.807, 2.05) is 60.7 Å². The topological polar surface area (TPSA) is 6.48 Å². The van der Waals surface area contributed by atoms with E-state index in [0.29, 0.717) is 44.5 Å². The van der Waals surface area contributed by atoms with Crippen molar-refractivity contribution < 1.29 is 17.6 Å². The Hall–Kier alpha value is -9.00. The van der Waals surface area contributed by atoms with E-state index in [4.69, 9.17) is 0 Å². The fourth-order valence-corrected chi connectivity index (χ4v) is 12.1. The van der Waals surface area contributed by atoms with Crippen LogP contribution >= 0.6 is 0 Å². The van der Waals surface area contributed by atoms with Crippen molar-refractivity contribution >= 4 is 66.4 Å². The smallest absolute Gasteiger partial charge is 0.131 e. The standard InChI is InChI=1S/C80H72F4N2/c1-77(2,3)55-43-56(78(4,5)6)46-61(45-55)85(59-39-51(63-21-13-17-25-69(63)81)37-52(40-59)64-22-14-18-26-70(64)82)73-35-31-49-30-34-68-74(36-32-50-29-33-67(73)75(49)76(50)68)86(62-47-57(79(7,8)9)44-58(48-62)80(10,11)12)60-41-53(65-23-15-19-27-71(65)83)38-54(42-60)66-24-16-20-28-72(66)84/h13-48H,1-12H3. The van der Waals surface area contributed by atoms with Gasteiger partial charge in [-0.05, 0) is 185 Å². The molecule has 12 aromatic rings. The Bertz CT molecular complexity index is 4100. The number of nitrogens with zero attached hydrogens (tertiary/aromatic N) is 2. The number of anilines is 6. The molecule has 0 bridgehead atoms. The molecular weight excluding hydrogens is 1060 g/mol. The molecule has 0 fully saturated rings. The van der Waals surface area contributed by atoms with E-state index in [0.717, 1.165) is 88.7 Å². The van der Waals surface area contributed by atoms with Crippen molar-refractivity contribution in [3.8, 4) is 44.5 Å². The lowest BCUT2D eigenvalue weighted by molar-refractivity contribution is 0.568. The van der Waals surface area contributed by atoms with Crippen LogP contribution in [-0.2, 0) is 21.7 Å². The molecule has 430 valence electrons. The Morgan fingerprint density at radius 2 is 0.500 bits per heavy atom. The largest absolute Gasteiger partial charge is 0.310 e. The zero-order valence-electron chi connectivity index (χ0n) is 51.2. The third kappa shape index (κ3) is 10.8. The lowest BCUT2D eigenvalue weighted by Crippen LogP contribution is -2.19. The van der Waals surface area contributed by atoms with Crippen LogP contribution in [0.1, 0.15) is 105 Å². The van der Waals surface area contributed by atoms with Gasteiger partial charge >= 0.3 is 0 Å². The fraction of sp³-hybridized carbons (Fsp3) is 0.200. The molecule has 0 spiro atoms. The molecule has 0 unspecified atom stereocenters. The zero-order valence-corrected chi connectivity index (χ0v) is 51.2. The monoisotopic (exact) mass is 1140 g/mol. The molecule has 6 heteroatoms. The van der Waals surface area contributed by atoms with Gasteiger partial charge in [-0.3, -0.25) is 0 Å². The number of benzene rings is 12. The Labute approximate surface area is 504 Å². The first kappa shape index (κ1) is 57.4. The summed E-state index contributed by atoms with van der Waals surface area (Å²) in [5.74, 6) is -1.52. The maximum Gasteiger partial charge on any atom is 0.131 e. The molecular formula is C80H72F4N2. The summed E-state index contributed by atoms with van der Waals surface area (Å²) in [6.45, 7) is 26.8. The highest BCUT2D eigenvalue weighted by atomic mass is 19.1. The van der Waals surface area contributed by atoms with E-state index in [2.05, 4.69) is 178 Å². The van der Waals surface area contributed by atoms with Crippen LogP contribution in [-0.4, -0.2) is 0 Å². The number of rotatable bonds is 10. The van der Waals surface area contributed by atoms with Gasteiger partial charge in [0.05, 0.1) is 11.4 Å². The molecule has 0 N–H and O–H groups in total. The maximum atomic E-state index is 16.2. The van der Waals surface area contributed by atoms with Gasteiger partial charge in [0.2, 0.25) is 0 Å². The summed E-state index contributed by atoms with van der Waals surface area (Å²) >= 11 is 0. The Kier molecular flexibility index (Phi) is 14.4. The zero-order chi connectivity index (χ0) is 60.8. The molecule has 0 aliphatic heterocycles. The molecule has 0 aliphatic rings. The number of hydrogen-bond acceptors (Lipinski definition) is 2. The molecule has 12 aromatic carbocycles. The van der Waals surface area contributed by atoms with Gasteiger partial charge < -0.3 is 9.80 Å². The predicted molar refractivity (Wildman–Crippen MR) is 356 cm³/mol. The highest BCUT2D eigenvalue weighted by Crippen LogP contribution is 2.51. The van der Waals surface area contributed by atoms with Crippen LogP contribution in [0.2, 0.25) is 0 Å². The molecule has 0 atom stereocenters. The van der Waals surface area contributed by atoms with Crippen LogP contribution in [0.15, 0.2) is 218 Å². The van der Waals surface area contributed by atoms with Crippen molar-refractivity contribution in [2.45, 2.75) is 105 Å². The SMILES string of the molecule is CC(C)(C)c1cc(N(c2cc(-c3ccccc3F)cc(-c3ccccc3F)c2)c2ccc3ccc4c(N(c5cc(-c6ccccc6F)cc(-c6ccccc6F)c5)c5cc(C(C)(C)C)cc(C(C)(C)C)c5)ccc5ccc2c3c54)cc(C(C)(C)C)c1.